The van der Waals surface area contributed by atoms with E-state index in [1.807, 2.05) is 56.6 Å². The third kappa shape index (κ3) is 3.96. The van der Waals surface area contributed by atoms with Crippen LogP contribution >= 0.6 is 0 Å². The zero-order valence-electron chi connectivity index (χ0n) is 16.3. The Labute approximate surface area is 161 Å². The SMILES string of the molecule is CNC(NC)(C(=O)c1ccc(C2CNCCO2)cc1)C(C)c1ccccc1. The highest BCUT2D eigenvalue weighted by atomic mass is 16.5. The minimum atomic E-state index is -0.883. The van der Waals surface area contributed by atoms with Gasteiger partial charge in [0.1, 0.15) is 5.66 Å². The summed E-state index contributed by atoms with van der Waals surface area (Å²) in [5.74, 6) is -0.0233. The first-order valence-electron chi connectivity index (χ1n) is 9.52. The van der Waals surface area contributed by atoms with Crippen molar-refractivity contribution >= 4 is 5.78 Å². The molecule has 0 radical (unpaired) electrons. The average molecular weight is 367 g/mol. The van der Waals surface area contributed by atoms with Gasteiger partial charge < -0.3 is 10.1 Å². The highest BCUT2D eigenvalue weighted by molar-refractivity contribution is 6.03. The molecule has 1 heterocycles. The van der Waals surface area contributed by atoms with Gasteiger partial charge in [0.2, 0.25) is 0 Å². The van der Waals surface area contributed by atoms with Crippen LogP contribution in [-0.4, -0.2) is 45.2 Å². The largest absolute Gasteiger partial charge is 0.371 e. The molecule has 0 amide bonds. The van der Waals surface area contributed by atoms with Crippen LogP contribution in [0.15, 0.2) is 54.6 Å². The molecule has 27 heavy (non-hydrogen) atoms. The van der Waals surface area contributed by atoms with Gasteiger partial charge >= 0.3 is 0 Å². The second kappa shape index (κ2) is 8.76. The van der Waals surface area contributed by atoms with Crippen molar-refractivity contribution in [2.75, 3.05) is 33.8 Å². The highest BCUT2D eigenvalue weighted by Gasteiger charge is 2.41. The van der Waals surface area contributed by atoms with E-state index in [1.165, 1.54) is 0 Å². The van der Waals surface area contributed by atoms with Gasteiger partial charge in [-0.2, -0.15) is 0 Å². The molecule has 5 heteroatoms. The minimum Gasteiger partial charge on any atom is -0.371 e. The van der Waals surface area contributed by atoms with Crippen LogP contribution in [0.4, 0.5) is 0 Å². The molecule has 2 atom stereocenters. The van der Waals surface area contributed by atoms with E-state index in [-0.39, 0.29) is 17.8 Å². The maximum Gasteiger partial charge on any atom is 0.198 e. The highest BCUT2D eigenvalue weighted by Crippen LogP contribution is 2.29. The number of ketones is 1. The molecular weight excluding hydrogens is 338 g/mol. The molecule has 0 saturated carbocycles. The number of hydrogen-bond acceptors (Lipinski definition) is 5. The van der Waals surface area contributed by atoms with Gasteiger partial charge in [-0.3, -0.25) is 15.4 Å². The van der Waals surface area contributed by atoms with E-state index >= 15 is 0 Å². The average Bonchev–Trinajstić information content (AvgIpc) is 2.76. The van der Waals surface area contributed by atoms with Gasteiger partial charge in [-0.1, -0.05) is 61.5 Å². The number of ether oxygens (including phenoxy) is 1. The van der Waals surface area contributed by atoms with Crippen molar-refractivity contribution in [3.63, 3.8) is 0 Å². The molecule has 0 spiro atoms. The van der Waals surface area contributed by atoms with E-state index < -0.39 is 5.66 Å². The van der Waals surface area contributed by atoms with Crippen LogP contribution in [0.25, 0.3) is 0 Å². The van der Waals surface area contributed by atoms with Crippen molar-refractivity contribution in [1.29, 1.82) is 0 Å². The van der Waals surface area contributed by atoms with Crippen LogP contribution in [0.3, 0.4) is 0 Å². The molecule has 0 aliphatic carbocycles. The number of nitrogens with one attached hydrogen (secondary N) is 3. The molecule has 1 fully saturated rings. The first-order valence-corrected chi connectivity index (χ1v) is 9.52. The van der Waals surface area contributed by atoms with Crippen molar-refractivity contribution in [3.05, 3.63) is 71.3 Å². The Morgan fingerprint density at radius 2 is 1.78 bits per heavy atom. The summed E-state index contributed by atoms with van der Waals surface area (Å²) in [6.07, 6.45) is 0.0458. The monoisotopic (exact) mass is 367 g/mol. The van der Waals surface area contributed by atoms with E-state index in [0.717, 1.165) is 24.2 Å². The summed E-state index contributed by atoms with van der Waals surface area (Å²) in [6, 6.07) is 17.9. The Hall–Kier alpha value is -2.05. The van der Waals surface area contributed by atoms with Gasteiger partial charge in [-0.05, 0) is 25.2 Å². The maximum absolute atomic E-state index is 13.5. The summed E-state index contributed by atoms with van der Waals surface area (Å²) < 4.78 is 5.80. The number of Topliss-reactive ketones (excluding diaryl/α,β-unsaturated/α-hetero) is 1. The van der Waals surface area contributed by atoms with Crippen molar-refractivity contribution in [1.82, 2.24) is 16.0 Å². The summed E-state index contributed by atoms with van der Waals surface area (Å²) in [5, 5.41) is 9.82. The lowest BCUT2D eigenvalue weighted by Crippen LogP contribution is -2.63. The quantitative estimate of drug-likeness (QED) is 0.518. The molecular formula is C22H29N3O2. The van der Waals surface area contributed by atoms with Crippen molar-refractivity contribution in [2.24, 2.45) is 0 Å². The first kappa shape index (κ1) is 19.7. The van der Waals surface area contributed by atoms with Crippen LogP contribution in [0.2, 0.25) is 0 Å². The maximum atomic E-state index is 13.5. The Morgan fingerprint density at radius 1 is 1.11 bits per heavy atom. The lowest BCUT2D eigenvalue weighted by atomic mass is 9.82. The van der Waals surface area contributed by atoms with Gasteiger partial charge in [0.15, 0.2) is 5.78 Å². The topological polar surface area (TPSA) is 62.4 Å². The number of benzene rings is 2. The van der Waals surface area contributed by atoms with Crippen molar-refractivity contribution in [2.45, 2.75) is 24.6 Å². The summed E-state index contributed by atoms with van der Waals surface area (Å²) in [5.41, 5.74) is 1.99. The molecule has 3 N–H and O–H groups in total. The Bertz CT molecular complexity index is 736. The van der Waals surface area contributed by atoms with E-state index in [2.05, 4.69) is 35.0 Å². The molecule has 0 bridgehead atoms. The molecule has 2 aromatic rings. The number of carbonyl (C=O) groups is 1. The Morgan fingerprint density at radius 3 is 2.33 bits per heavy atom. The predicted octanol–water partition coefficient (Wildman–Crippen LogP) is 2.47. The zero-order chi connectivity index (χ0) is 19.3. The smallest absolute Gasteiger partial charge is 0.198 e. The van der Waals surface area contributed by atoms with Gasteiger partial charge in [-0.15, -0.1) is 0 Å². The minimum absolute atomic E-state index is 0.0260. The van der Waals surface area contributed by atoms with Gasteiger partial charge in [0.05, 0.1) is 12.7 Å². The fraction of sp³-hybridized carbons (Fsp3) is 0.409. The molecule has 1 saturated heterocycles. The summed E-state index contributed by atoms with van der Waals surface area (Å²) in [4.78, 5) is 13.5. The second-order valence-electron chi connectivity index (χ2n) is 6.96. The fourth-order valence-electron chi connectivity index (χ4n) is 3.83. The number of rotatable bonds is 7. The van der Waals surface area contributed by atoms with Gasteiger partial charge in [-0.25, -0.2) is 0 Å². The molecule has 3 rings (SSSR count). The molecule has 2 unspecified atom stereocenters. The van der Waals surface area contributed by atoms with Crippen LogP contribution < -0.4 is 16.0 Å². The van der Waals surface area contributed by atoms with Crippen LogP contribution in [-0.2, 0) is 4.74 Å². The number of likely N-dealkylation sites (N-methyl/N-ethyl adjacent to an activating group) is 2. The zero-order valence-corrected chi connectivity index (χ0v) is 16.3. The Balaban J connectivity index is 1.86. The third-order valence-corrected chi connectivity index (χ3v) is 5.57. The van der Waals surface area contributed by atoms with Gasteiger partial charge in [0.25, 0.3) is 0 Å². The van der Waals surface area contributed by atoms with E-state index in [9.17, 15) is 4.79 Å². The van der Waals surface area contributed by atoms with Gasteiger partial charge in [0, 0.05) is 24.6 Å². The first-order chi connectivity index (χ1) is 13.1. The normalized spacial score (nSPS) is 18.9. The molecule has 144 valence electrons. The van der Waals surface area contributed by atoms with Crippen LogP contribution in [0.1, 0.15) is 40.4 Å². The second-order valence-corrected chi connectivity index (χ2v) is 6.96. The summed E-state index contributed by atoms with van der Waals surface area (Å²) >= 11 is 0. The number of hydrogen-bond donors (Lipinski definition) is 3. The Kier molecular flexibility index (Phi) is 6.39. The number of morpholine rings is 1. The number of carbonyl (C=O) groups excluding carboxylic acids is 1. The van der Waals surface area contributed by atoms with Crippen molar-refractivity contribution in [3.8, 4) is 0 Å². The van der Waals surface area contributed by atoms with Crippen LogP contribution in [0, 0.1) is 0 Å². The summed E-state index contributed by atoms with van der Waals surface area (Å²) in [7, 11) is 3.65. The molecule has 1 aliphatic rings. The molecule has 2 aromatic carbocycles. The standard InChI is InChI=1S/C22H29N3O2/c1-16(17-7-5-4-6-8-17)22(23-2,24-3)21(26)19-11-9-18(10-12-19)20-15-25-13-14-27-20/h4-12,16,20,23-25H,13-15H2,1-3H3. The van der Waals surface area contributed by atoms with E-state index in [1.54, 1.807) is 0 Å². The predicted molar refractivity (Wildman–Crippen MR) is 108 cm³/mol. The fourth-order valence-corrected chi connectivity index (χ4v) is 3.83. The van der Waals surface area contributed by atoms with Crippen molar-refractivity contribution < 1.29 is 9.53 Å². The van der Waals surface area contributed by atoms with E-state index in [0.29, 0.717) is 12.2 Å². The lowest BCUT2D eigenvalue weighted by molar-refractivity contribution is 0.0277. The van der Waals surface area contributed by atoms with Crippen LogP contribution in [0.5, 0.6) is 0 Å². The molecule has 1 aliphatic heterocycles. The summed E-state index contributed by atoms with van der Waals surface area (Å²) in [6.45, 7) is 4.46. The lowest BCUT2D eigenvalue weighted by Gasteiger charge is -2.38. The molecule has 0 aromatic heterocycles. The van der Waals surface area contributed by atoms with E-state index in [4.69, 9.17) is 4.74 Å². The third-order valence-electron chi connectivity index (χ3n) is 5.57. The molecule has 5 nitrogen and oxygen atoms in total.